The van der Waals surface area contributed by atoms with Crippen LogP contribution in [0.4, 0.5) is 0 Å². The van der Waals surface area contributed by atoms with Crippen molar-refractivity contribution < 1.29 is 9.53 Å². The molecule has 0 aromatic carbocycles. The van der Waals surface area contributed by atoms with Gasteiger partial charge in [0.1, 0.15) is 6.10 Å². The molecule has 3 atom stereocenters. The number of allylic oxidation sites excluding steroid dienone is 1. The van der Waals surface area contributed by atoms with Crippen LogP contribution in [0.2, 0.25) is 0 Å². The van der Waals surface area contributed by atoms with E-state index in [0.29, 0.717) is 11.8 Å². The standard InChI is InChI=1S/C12H20O2/c1-4-6-11(13)14-12-9(2)7-5-8-10(12)3/h4,6,9-10,12H,5,7-8H2,1-3H3/b6-4+/t9-,10+,12-. The number of hydrogen-bond donors (Lipinski definition) is 0. The highest BCUT2D eigenvalue weighted by Gasteiger charge is 2.30. The van der Waals surface area contributed by atoms with Gasteiger partial charge in [0.25, 0.3) is 0 Å². The maximum atomic E-state index is 11.3. The Bertz CT molecular complexity index is 210. The van der Waals surface area contributed by atoms with E-state index in [0.717, 1.165) is 0 Å². The zero-order valence-corrected chi connectivity index (χ0v) is 9.32. The first-order valence-electron chi connectivity index (χ1n) is 5.48. The number of rotatable bonds is 2. The van der Waals surface area contributed by atoms with Crippen molar-refractivity contribution in [1.29, 1.82) is 0 Å². The van der Waals surface area contributed by atoms with E-state index in [4.69, 9.17) is 4.74 Å². The number of carbonyl (C=O) groups is 1. The average molecular weight is 196 g/mol. The minimum absolute atomic E-state index is 0.118. The third-order valence-electron chi connectivity index (χ3n) is 3.00. The SMILES string of the molecule is C/C=C/C(=O)O[C@@H]1[C@H](C)CCC[C@@H]1C. The Morgan fingerprint density at radius 1 is 1.29 bits per heavy atom. The Kier molecular flexibility index (Phi) is 4.18. The minimum Gasteiger partial charge on any atom is -0.459 e. The van der Waals surface area contributed by atoms with Gasteiger partial charge in [0.15, 0.2) is 0 Å². The number of ether oxygens (including phenoxy) is 1. The van der Waals surface area contributed by atoms with Gasteiger partial charge in [-0.15, -0.1) is 0 Å². The molecule has 80 valence electrons. The third-order valence-corrected chi connectivity index (χ3v) is 3.00. The number of esters is 1. The lowest BCUT2D eigenvalue weighted by Crippen LogP contribution is -2.34. The van der Waals surface area contributed by atoms with Crippen LogP contribution in [0.15, 0.2) is 12.2 Å². The Labute approximate surface area is 86.3 Å². The lowest BCUT2D eigenvalue weighted by Gasteiger charge is -2.33. The molecule has 0 bridgehead atoms. The second kappa shape index (κ2) is 5.18. The van der Waals surface area contributed by atoms with E-state index in [-0.39, 0.29) is 12.1 Å². The molecule has 1 saturated carbocycles. The Morgan fingerprint density at radius 3 is 2.36 bits per heavy atom. The topological polar surface area (TPSA) is 26.3 Å². The Morgan fingerprint density at radius 2 is 1.86 bits per heavy atom. The lowest BCUT2D eigenvalue weighted by molar-refractivity contribution is -0.150. The molecule has 2 nitrogen and oxygen atoms in total. The highest BCUT2D eigenvalue weighted by Crippen LogP contribution is 2.31. The first-order valence-corrected chi connectivity index (χ1v) is 5.48. The van der Waals surface area contributed by atoms with Crippen molar-refractivity contribution in [3.8, 4) is 0 Å². The first kappa shape index (κ1) is 11.3. The molecule has 0 spiro atoms. The summed E-state index contributed by atoms with van der Waals surface area (Å²) in [5, 5.41) is 0. The second-order valence-corrected chi connectivity index (χ2v) is 4.29. The molecular weight excluding hydrogens is 176 g/mol. The normalized spacial score (nSPS) is 33.2. The molecule has 0 amide bonds. The van der Waals surface area contributed by atoms with Crippen LogP contribution in [0.25, 0.3) is 0 Å². The molecule has 0 aromatic heterocycles. The first-order chi connectivity index (χ1) is 6.65. The van der Waals surface area contributed by atoms with Crippen LogP contribution in [0.3, 0.4) is 0 Å². The monoisotopic (exact) mass is 196 g/mol. The van der Waals surface area contributed by atoms with Gasteiger partial charge in [-0.25, -0.2) is 4.79 Å². The van der Waals surface area contributed by atoms with Gasteiger partial charge >= 0.3 is 5.97 Å². The fourth-order valence-corrected chi connectivity index (χ4v) is 2.19. The Balaban J connectivity index is 2.51. The summed E-state index contributed by atoms with van der Waals surface area (Å²) in [6, 6.07) is 0. The van der Waals surface area contributed by atoms with Crippen molar-refractivity contribution in [3.05, 3.63) is 12.2 Å². The third kappa shape index (κ3) is 2.86. The van der Waals surface area contributed by atoms with Crippen LogP contribution in [-0.2, 0) is 9.53 Å². The molecule has 0 N–H and O–H groups in total. The molecule has 1 aliphatic rings. The zero-order chi connectivity index (χ0) is 10.6. The summed E-state index contributed by atoms with van der Waals surface area (Å²) >= 11 is 0. The van der Waals surface area contributed by atoms with Crippen molar-refractivity contribution >= 4 is 5.97 Å². The predicted octanol–water partition coefficient (Wildman–Crippen LogP) is 2.93. The van der Waals surface area contributed by atoms with E-state index < -0.39 is 0 Å². The number of hydrogen-bond acceptors (Lipinski definition) is 2. The molecule has 0 saturated heterocycles. The van der Waals surface area contributed by atoms with Crippen molar-refractivity contribution in [3.63, 3.8) is 0 Å². The minimum atomic E-state index is -0.196. The van der Waals surface area contributed by atoms with Crippen molar-refractivity contribution in [2.45, 2.75) is 46.1 Å². The van der Waals surface area contributed by atoms with Gasteiger partial charge < -0.3 is 4.74 Å². The van der Waals surface area contributed by atoms with E-state index >= 15 is 0 Å². The van der Waals surface area contributed by atoms with E-state index in [9.17, 15) is 4.79 Å². The van der Waals surface area contributed by atoms with Crippen LogP contribution >= 0.6 is 0 Å². The predicted molar refractivity (Wildman–Crippen MR) is 56.9 cm³/mol. The van der Waals surface area contributed by atoms with Crippen LogP contribution in [0, 0.1) is 11.8 Å². The van der Waals surface area contributed by atoms with Gasteiger partial charge in [0.05, 0.1) is 0 Å². The Hall–Kier alpha value is -0.790. The van der Waals surface area contributed by atoms with E-state index in [1.165, 1.54) is 25.3 Å². The molecule has 1 rings (SSSR count). The molecule has 14 heavy (non-hydrogen) atoms. The number of carbonyl (C=O) groups excluding carboxylic acids is 1. The van der Waals surface area contributed by atoms with Crippen LogP contribution in [0.5, 0.6) is 0 Å². The maximum absolute atomic E-state index is 11.3. The van der Waals surface area contributed by atoms with E-state index in [1.54, 1.807) is 6.08 Å². The lowest BCUT2D eigenvalue weighted by atomic mass is 9.80. The summed E-state index contributed by atoms with van der Waals surface area (Å²) in [5.74, 6) is 0.819. The quantitative estimate of drug-likeness (QED) is 0.501. The molecule has 2 heteroatoms. The van der Waals surface area contributed by atoms with E-state index in [2.05, 4.69) is 13.8 Å². The molecule has 0 aromatic rings. The van der Waals surface area contributed by atoms with Crippen molar-refractivity contribution in [2.75, 3.05) is 0 Å². The molecule has 0 unspecified atom stereocenters. The van der Waals surface area contributed by atoms with Gasteiger partial charge in [-0.1, -0.05) is 26.3 Å². The summed E-state index contributed by atoms with van der Waals surface area (Å²) in [7, 11) is 0. The van der Waals surface area contributed by atoms with Crippen LogP contribution < -0.4 is 0 Å². The summed E-state index contributed by atoms with van der Waals surface area (Å²) in [6.45, 7) is 6.17. The van der Waals surface area contributed by atoms with Crippen molar-refractivity contribution in [1.82, 2.24) is 0 Å². The largest absolute Gasteiger partial charge is 0.459 e. The summed E-state index contributed by atoms with van der Waals surface area (Å²) in [5.41, 5.74) is 0. The van der Waals surface area contributed by atoms with Crippen LogP contribution in [0.1, 0.15) is 40.0 Å². The fourth-order valence-electron chi connectivity index (χ4n) is 2.19. The molecule has 0 aliphatic heterocycles. The summed E-state index contributed by atoms with van der Waals surface area (Å²) < 4.78 is 5.43. The van der Waals surface area contributed by atoms with Gasteiger partial charge in [0, 0.05) is 6.08 Å². The van der Waals surface area contributed by atoms with Gasteiger partial charge in [0.2, 0.25) is 0 Å². The highest BCUT2D eigenvalue weighted by molar-refractivity contribution is 5.81. The zero-order valence-electron chi connectivity index (χ0n) is 9.32. The van der Waals surface area contributed by atoms with Gasteiger partial charge in [-0.05, 0) is 31.6 Å². The van der Waals surface area contributed by atoms with E-state index in [1.807, 2.05) is 6.92 Å². The van der Waals surface area contributed by atoms with Gasteiger partial charge in [-0.2, -0.15) is 0 Å². The molecule has 1 aliphatic carbocycles. The molecule has 1 fully saturated rings. The van der Waals surface area contributed by atoms with Gasteiger partial charge in [-0.3, -0.25) is 0 Å². The maximum Gasteiger partial charge on any atom is 0.330 e. The fraction of sp³-hybridized carbons (Fsp3) is 0.750. The molecule has 0 radical (unpaired) electrons. The smallest absolute Gasteiger partial charge is 0.330 e. The summed E-state index contributed by atoms with van der Waals surface area (Å²) in [6.07, 6.45) is 6.96. The van der Waals surface area contributed by atoms with Crippen molar-refractivity contribution in [2.24, 2.45) is 11.8 Å². The molecular formula is C12H20O2. The highest BCUT2D eigenvalue weighted by atomic mass is 16.5. The summed E-state index contributed by atoms with van der Waals surface area (Å²) in [4.78, 5) is 11.3. The average Bonchev–Trinajstić information content (AvgIpc) is 2.12. The molecule has 0 heterocycles. The van der Waals surface area contributed by atoms with Crippen LogP contribution in [-0.4, -0.2) is 12.1 Å². The second-order valence-electron chi connectivity index (χ2n) is 4.29.